The summed E-state index contributed by atoms with van der Waals surface area (Å²) in [5, 5.41) is 3.65. The number of aromatic nitrogens is 1. The number of nitrogens with zero attached hydrogens (tertiary/aromatic N) is 1. The van der Waals surface area contributed by atoms with Crippen LogP contribution in [0.4, 0.5) is 0 Å². The van der Waals surface area contributed by atoms with Crippen LogP contribution in [-0.4, -0.2) is 27.8 Å². The smallest absolute Gasteiger partial charge is 0.254 e. The van der Waals surface area contributed by atoms with Gasteiger partial charge in [0.2, 0.25) is 5.88 Å². The number of nitrogens with two attached hydrogens (primary N) is 1. The van der Waals surface area contributed by atoms with Crippen molar-refractivity contribution in [2.75, 3.05) is 0 Å². The predicted molar refractivity (Wildman–Crippen MR) is 112 cm³/mol. The quantitative estimate of drug-likeness (QED) is 0.718. The second-order valence-corrected chi connectivity index (χ2v) is 9.14. The van der Waals surface area contributed by atoms with E-state index in [1.54, 1.807) is 36.4 Å². The molecule has 0 aliphatic carbocycles. The molecule has 1 fully saturated rings. The van der Waals surface area contributed by atoms with E-state index in [1.807, 2.05) is 0 Å². The van der Waals surface area contributed by atoms with Gasteiger partial charge in [-0.05, 0) is 82.9 Å². The molecule has 1 amide bonds. The van der Waals surface area contributed by atoms with Gasteiger partial charge < -0.3 is 15.8 Å². The van der Waals surface area contributed by atoms with Crippen LogP contribution in [0.15, 0.2) is 42.6 Å². The lowest BCUT2D eigenvalue weighted by molar-refractivity contribution is 0.0863. The van der Waals surface area contributed by atoms with Crippen molar-refractivity contribution in [1.29, 1.82) is 0 Å². The van der Waals surface area contributed by atoms with Crippen LogP contribution in [0.1, 0.15) is 67.7 Å². The third-order valence-electron chi connectivity index (χ3n) is 5.18. The summed E-state index contributed by atoms with van der Waals surface area (Å²) in [6.07, 6.45) is 4.00. The van der Waals surface area contributed by atoms with Crippen molar-refractivity contribution in [3.63, 3.8) is 0 Å². The summed E-state index contributed by atoms with van der Waals surface area (Å²) in [5.41, 5.74) is 6.26. The predicted octanol–water partition coefficient (Wildman–Crippen LogP) is 4.10. The van der Waals surface area contributed by atoms with Crippen LogP contribution in [0.25, 0.3) is 0 Å². The molecule has 1 aliphatic heterocycles. The normalized spacial score (nSPS) is 18.2. The molecule has 0 bridgehead atoms. The Morgan fingerprint density at radius 2 is 1.72 bits per heavy atom. The van der Waals surface area contributed by atoms with E-state index in [0.717, 1.165) is 12.8 Å². The Hall–Kier alpha value is -2.73. The van der Waals surface area contributed by atoms with Crippen LogP contribution in [0.2, 0.25) is 0 Å². The van der Waals surface area contributed by atoms with Gasteiger partial charge in [0.1, 0.15) is 11.3 Å². The number of ether oxygens (including phenoxy) is 1. The summed E-state index contributed by atoms with van der Waals surface area (Å²) in [6, 6.07) is 10.1. The highest BCUT2D eigenvalue weighted by atomic mass is 16.5. The van der Waals surface area contributed by atoms with E-state index >= 15 is 0 Å². The Morgan fingerprint density at radius 1 is 1.10 bits per heavy atom. The number of Topliss-reactive ketones (excluding diaryl/α,β-unsaturated/α-hetero) is 1. The van der Waals surface area contributed by atoms with E-state index in [-0.39, 0.29) is 28.3 Å². The van der Waals surface area contributed by atoms with Crippen LogP contribution in [0.3, 0.4) is 0 Å². The zero-order valence-corrected chi connectivity index (χ0v) is 17.5. The van der Waals surface area contributed by atoms with E-state index in [2.05, 4.69) is 38.0 Å². The Kier molecular flexibility index (Phi) is 5.75. The molecule has 6 nitrogen and oxygen atoms in total. The average molecular weight is 396 g/mol. The highest BCUT2D eigenvalue weighted by Crippen LogP contribution is 2.35. The average Bonchev–Trinajstić information content (AvgIpc) is 2.59. The molecule has 0 unspecified atom stereocenters. The monoisotopic (exact) mass is 395 g/mol. The molecule has 0 atom stereocenters. The fourth-order valence-corrected chi connectivity index (χ4v) is 4.54. The van der Waals surface area contributed by atoms with Crippen LogP contribution >= 0.6 is 0 Å². The Bertz CT molecular complexity index is 888. The van der Waals surface area contributed by atoms with E-state index in [1.165, 1.54) is 6.20 Å². The number of pyridine rings is 1. The lowest BCUT2D eigenvalue weighted by Gasteiger charge is -2.46. The number of amides is 1. The van der Waals surface area contributed by atoms with Gasteiger partial charge in [-0.3, -0.25) is 9.59 Å². The van der Waals surface area contributed by atoms with Crippen molar-refractivity contribution in [3.05, 3.63) is 53.7 Å². The lowest BCUT2D eigenvalue weighted by atomic mass is 9.74. The van der Waals surface area contributed by atoms with Gasteiger partial charge in [0.05, 0.1) is 0 Å². The van der Waals surface area contributed by atoms with E-state index in [4.69, 9.17) is 10.5 Å². The van der Waals surface area contributed by atoms with Crippen molar-refractivity contribution in [3.8, 4) is 11.6 Å². The number of rotatable bonds is 6. The van der Waals surface area contributed by atoms with Crippen molar-refractivity contribution in [2.24, 2.45) is 11.7 Å². The summed E-state index contributed by atoms with van der Waals surface area (Å²) in [6.45, 7) is 8.76. The third kappa shape index (κ3) is 5.41. The second-order valence-electron chi connectivity index (χ2n) is 9.14. The molecule has 154 valence electrons. The molecule has 6 heteroatoms. The molecule has 2 heterocycles. The molecule has 0 radical (unpaired) electrons. The lowest BCUT2D eigenvalue weighted by Crippen LogP contribution is -2.57. The van der Waals surface area contributed by atoms with Gasteiger partial charge in [-0.2, -0.15) is 0 Å². The van der Waals surface area contributed by atoms with Crippen LogP contribution in [-0.2, 0) is 0 Å². The Morgan fingerprint density at radius 3 is 2.31 bits per heavy atom. The van der Waals surface area contributed by atoms with E-state index < -0.39 is 5.91 Å². The molecule has 1 aliphatic rings. The van der Waals surface area contributed by atoms with Crippen molar-refractivity contribution in [2.45, 2.75) is 58.0 Å². The first-order chi connectivity index (χ1) is 13.5. The van der Waals surface area contributed by atoms with E-state index in [0.29, 0.717) is 23.7 Å². The van der Waals surface area contributed by atoms with Crippen molar-refractivity contribution < 1.29 is 14.3 Å². The maximum absolute atomic E-state index is 12.8. The zero-order valence-electron chi connectivity index (χ0n) is 17.5. The molecule has 0 saturated carbocycles. The number of primary amides is 1. The van der Waals surface area contributed by atoms with Crippen LogP contribution < -0.4 is 15.8 Å². The molecular formula is C23H29N3O3. The number of nitrogens with one attached hydrogen (secondary N) is 1. The Balaban J connectivity index is 1.67. The molecule has 2 aromatic rings. The van der Waals surface area contributed by atoms with Crippen LogP contribution in [0.5, 0.6) is 11.6 Å². The van der Waals surface area contributed by atoms with Gasteiger partial charge in [-0.25, -0.2) is 4.98 Å². The standard InChI is InChI=1S/C23H29N3O3/c1-22(2)13-15(14-23(3,4)26-22)12-19(27)16-7-9-17(10-8-16)29-21-18(20(24)28)6-5-11-25-21/h5-11,15,26H,12-14H2,1-4H3,(H2,24,28). The van der Waals surface area contributed by atoms with Crippen molar-refractivity contribution in [1.82, 2.24) is 10.3 Å². The van der Waals surface area contributed by atoms with Gasteiger partial charge in [0.25, 0.3) is 5.91 Å². The molecule has 1 aromatic heterocycles. The maximum atomic E-state index is 12.8. The van der Waals surface area contributed by atoms with Gasteiger partial charge in [-0.1, -0.05) is 0 Å². The number of hydrogen-bond acceptors (Lipinski definition) is 5. The topological polar surface area (TPSA) is 94.3 Å². The minimum Gasteiger partial charge on any atom is -0.438 e. The minimum absolute atomic E-state index is 0.0191. The summed E-state index contributed by atoms with van der Waals surface area (Å²) < 4.78 is 5.68. The number of benzene rings is 1. The summed E-state index contributed by atoms with van der Waals surface area (Å²) in [7, 11) is 0. The van der Waals surface area contributed by atoms with Gasteiger partial charge in [0.15, 0.2) is 5.78 Å². The van der Waals surface area contributed by atoms with E-state index in [9.17, 15) is 9.59 Å². The second kappa shape index (κ2) is 7.95. The summed E-state index contributed by atoms with van der Waals surface area (Å²) in [5.74, 6) is 0.514. The number of piperidine rings is 1. The molecular weight excluding hydrogens is 366 g/mol. The summed E-state index contributed by atoms with van der Waals surface area (Å²) in [4.78, 5) is 28.4. The largest absolute Gasteiger partial charge is 0.438 e. The number of carbonyl (C=O) groups excluding carboxylic acids is 2. The first-order valence-electron chi connectivity index (χ1n) is 9.90. The van der Waals surface area contributed by atoms with Gasteiger partial charge in [-0.15, -0.1) is 0 Å². The number of carbonyl (C=O) groups is 2. The first-order valence-corrected chi connectivity index (χ1v) is 9.90. The third-order valence-corrected chi connectivity index (χ3v) is 5.18. The number of hydrogen-bond donors (Lipinski definition) is 2. The van der Waals surface area contributed by atoms with Gasteiger partial charge >= 0.3 is 0 Å². The SMILES string of the molecule is CC1(C)CC(CC(=O)c2ccc(Oc3ncccc3C(N)=O)cc2)CC(C)(C)N1. The van der Waals surface area contributed by atoms with Gasteiger partial charge in [0, 0.05) is 29.3 Å². The maximum Gasteiger partial charge on any atom is 0.254 e. The van der Waals surface area contributed by atoms with Crippen LogP contribution in [0, 0.1) is 5.92 Å². The first kappa shape index (κ1) is 21.0. The highest BCUT2D eigenvalue weighted by Gasteiger charge is 2.38. The minimum atomic E-state index is -0.604. The number of ketones is 1. The molecule has 29 heavy (non-hydrogen) atoms. The Labute approximate surface area is 171 Å². The molecule has 3 N–H and O–H groups in total. The highest BCUT2D eigenvalue weighted by molar-refractivity contribution is 5.96. The summed E-state index contributed by atoms with van der Waals surface area (Å²) >= 11 is 0. The fraction of sp³-hybridized carbons (Fsp3) is 0.435. The molecule has 1 saturated heterocycles. The van der Waals surface area contributed by atoms with Crippen molar-refractivity contribution >= 4 is 11.7 Å². The molecule has 3 rings (SSSR count). The fourth-order valence-electron chi connectivity index (χ4n) is 4.54. The molecule has 0 spiro atoms. The zero-order chi connectivity index (χ0) is 21.2. The molecule has 1 aromatic carbocycles.